The molecule has 1 aliphatic heterocycles. The smallest absolute Gasteiger partial charge is 0.338 e. The van der Waals surface area contributed by atoms with Crippen LogP contribution in [0.1, 0.15) is 81.6 Å². The Morgan fingerprint density at radius 2 is 1.84 bits per heavy atom. The monoisotopic (exact) mass is 627 g/mol. The van der Waals surface area contributed by atoms with Crippen molar-refractivity contribution in [2.75, 3.05) is 19.8 Å². The van der Waals surface area contributed by atoms with Crippen LogP contribution in [-0.4, -0.2) is 83.6 Å². The van der Waals surface area contributed by atoms with Crippen molar-refractivity contribution in [3.63, 3.8) is 0 Å². The van der Waals surface area contributed by atoms with E-state index in [9.17, 15) is 19.5 Å². The van der Waals surface area contributed by atoms with E-state index in [0.717, 1.165) is 25.7 Å². The Morgan fingerprint density at radius 1 is 1.11 bits per heavy atom. The summed E-state index contributed by atoms with van der Waals surface area (Å²) in [4.78, 5) is 39.1. The molecule has 1 saturated heterocycles. The van der Waals surface area contributed by atoms with Gasteiger partial charge in [0.25, 0.3) is 0 Å². The van der Waals surface area contributed by atoms with Gasteiger partial charge in [0.1, 0.15) is 30.5 Å². The number of rotatable bonds is 14. The zero-order chi connectivity index (χ0) is 32.2. The van der Waals surface area contributed by atoms with Gasteiger partial charge in [0.2, 0.25) is 5.91 Å². The summed E-state index contributed by atoms with van der Waals surface area (Å²) in [6, 6.07) is 6.20. The van der Waals surface area contributed by atoms with Crippen LogP contribution in [0.3, 0.4) is 0 Å². The molecule has 0 bridgehead atoms. The maximum absolute atomic E-state index is 13.5. The average molecular weight is 628 g/mol. The van der Waals surface area contributed by atoms with E-state index < -0.39 is 53.6 Å². The van der Waals surface area contributed by atoms with Crippen LogP contribution in [0.5, 0.6) is 0 Å². The molecule has 2 saturated carbocycles. The second-order valence-corrected chi connectivity index (χ2v) is 13.3. The molecule has 0 radical (unpaired) electrons. The van der Waals surface area contributed by atoms with Crippen LogP contribution in [0, 0.1) is 11.8 Å². The van der Waals surface area contributed by atoms with Gasteiger partial charge in [0, 0.05) is 30.3 Å². The van der Waals surface area contributed by atoms with Crippen LogP contribution < -0.4 is 5.32 Å². The Hall–Kier alpha value is -3.25. The normalized spacial score (nSPS) is 24.8. The summed E-state index contributed by atoms with van der Waals surface area (Å²) in [7, 11) is 0. The van der Waals surface area contributed by atoms with Crippen molar-refractivity contribution in [2.24, 2.45) is 11.8 Å². The van der Waals surface area contributed by atoms with E-state index in [1.807, 2.05) is 6.07 Å². The maximum atomic E-state index is 13.5. The van der Waals surface area contributed by atoms with Crippen LogP contribution >= 0.6 is 0 Å². The van der Waals surface area contributed by atoms with Crippen molar-refractivity contribution in [1.82, 2.24) is 5.32 Å². The number of benzene rings is 1. The molecule has 246 valence electrons. The van der Waals surface area contributed by atoms with E-state index in [0.29, 0.717) is 16.7 Å². The molecule has 3 N–H and O–H groups in total. The van der Waals surface area contributed by atoms with E-state index in [1.54, 1.807) is 51.1 Å². The van der Waals surface area contributed by atoms with Crippen molar-refractivity contribution >= 4 is 23.9 Å². The average Bonchev–Trinajstić information content (AvgIpc) is 3.94. The van der Waals surface area contributed by atoms with Gasteiger partial charge in [-0.25, -0.2) is 4.79 Å². The standard InChI is InChI=1S/C34H45NO10/c1-33(2,3)44-29(38)12-11-26(20-37)35-31(39)23-18-27(30-28(19-23)43-34(45-30,24-7-8-24)25-9-10-25)42-32(40)22-6-4-5-21(17-22)13-15-41-16-14-36/h4-6,13,15,17,19,24-28,30,36-37H,7-12,14,16,18,20H2,1-3H3,(H,35,39)/t26-,27+,28+,30-/m0/s1. The molecular weight excluding hydrogens is 582 g/mol. The highest BCUT2D eigenvalue weighted by molar-refractivity contribution is 5.94. The third-order valence-electron chi connectivity index (χ3n) is 8.32. The molecule has 45 heavy (non-hydrogen) atoms. The van der Waals surface area contributed by atoms with Crippen molar-refractivity contribution in [2.45, 2.75) is 101 Å². The van der Waals surface area contributed by atoms with Crippen molar-refractivity contribution in [1.29, 1.82) is 0 Å². The third-order valence-corrected chi connectivity index (χ3v) is 8.32. The van der Waals surface area contributed by atoms with Gasteiger partial charge in [0.05, 0.1) is 31.1 Å². The van der Waals surface area contributed by atoms with Crippen LogP contribution in [0.2, 0.25) is 0 Å². The Kier molecular flexibility index (Phi) is 10.3. The number of ether oxygens (including phenoxy) is 5. The van der Waals surface area contributed by atoms with E-state index in [1.165, 1.54) is 6.26 Å². The summed E-state index contributed by atoms with van der Waals surface area (Å²) in [5, 5.41) is 21.7. The van der Waals surface area contributed by atoms with Gasteiger partial charge in [-0.15, -0.1) is 0 Å². The number of esters is 2. The zero-order valence-electron chi connectivity index (χ0n) is 26.2. The summed E-state index contributed by atoms with van der Waals surface area (Å²) in [5.74, 6) is -1.57. The van der Waals surface area contributed by atoms with Gasteiger partial charge in [-0.1, -0.05) is 12.1 Å². The number of aliphatic hydroxyl groups excluding tert-OH is 2. The minimum absolute atomic E-state index is 0.0385. The topological polar surface area (TPSA) is 150 Å². The van der Waals surface area contributed by atoms with Gasteiger partial charge in [-0.2, -0.15) is 0 Å². The number of hydrogen-bond donors (Lipinski definition) is 3. The molecule has 5 rings (SSSR count). The second kappa shape index (κ2) is 14.0. The molecule has 3 fully saturated rings. The number of carbonyl (C=O) groups excluding carboxylic acids is 3. The molecule has 4 atom stereocenters. The maximum Gasteiger partial charge on any atom is 0.338 e. The molecule has 4 aliphatic rings. The van der Waals surface area contributed by atoms with Gasteiger partial charge in [-0.05, 0) is 82.7 Å². The largest absolute Gasteiger partial charge is 0.499 e. The van der Waals surface area contributed by atoms with Crippen molar-refractivity contribution in [3.05, 3.63) is 53.3 Å². The lowest BCUT2D eigenvalue weighted by atomic mass is 9.91. The number of carbonyl (C=O) groups is 3. The highest BCUT2D eigenvalue weighted by Gasteiger charge is 2.64. The van der Waals surface area contributed by atoms with Gasteiger partial charge in [0.15, 0.2) is 5.79 Å². The van der Waals surface area contributed by atoms with Crippen molar-refractivity contribution < 1.29 is 48.3 Å². The first-order chi connectivity index (χ1) is 21.5. The first-order valence-electron chi connectivity index (χ1n) is 15.9. The molecule has 11 nitrogen and oxygen atoms in total. The number of aliphatic hydroxyl groups is 2. The molecule has 0 aromatic heterocycles. The van der Waals surface area contributed by atoms with Crippen LogP contribution in [0.15, 0.2) is 42.2 Å². The molecule has 1 aromatic carbocycles. The first kappa shape index (κ1) is 33.1. The highest BCUT2D eigenvalue weighted by Crippen LogP contribution is 2.59. The molecule has 1 heterocycles. The molecular formula is C34H45NO10. The minimum atomic E-state index is -0.783. The molecule has 0 spiro atoms. The minimum Gasteiger partial charge on any atom is -0.499 e. The van der Waals surface area contributed by atoms with Crippen LogP contribution in [-0.2, 0) is 33.3 Å². The van der Waals surface area contributed by atoms with E-state index in [4.69, 9.17) is 28.8 Å². The second-order valence-electron chi connectivity index (χ2n) is 13.3. The van der Waals surface area contributed by atoms with Crippen LogP contribution in [0.25, 0.3) is 6.08 Å². The van der Waals surface area contributed by atoms with E-state index >= 15 is 0 Å². The molecule has 1 aromatic rings. The molecule has 0 unspecified atom stereocenters. The Morgan fingerprint density at radius 3 is 2.49 bits per heavy atom. The number of amides is 1. The van der Waals surface area contributed by atoms with Gasteiger partial charge in [-0.3, -0.25) is 9.59 Å². The number of fused-ring (bicyclic) bond motifs is 1. The SMILES string of the molecule is CC(C)(C)OC(=O)CC[C@@H](CO)NC(=O)C1=C[C@H]2OC(C3CC3)(C3CC3)O[C@H]2[C@H](OC(=O)c2cccc(C=COCCO)c2)C1. The molecule has 3 aliphatic carbocycles. The van der Waals surface area contributed by atoms with E-state index in [2.05, 4.69) is 5.32 Å². The summed E-state index contributed by atoms with van der Waals surface area (Å²) in [6.07, 6.45) is 7.35. The lowest BCUT2D eigenvalue weighted by molar-refractivity contribution is -0.209. The molecule has 1 amide bonds. The summed E-state index contributed by atoms with van der Waals surface area (Å²) >= 11 is 0. The fourth-order valence-electron chi connectivity index (χ4n) is 5.96. The lowest BCUT2D eigenvalue weighted by Gasteiger charge is -2.31. The highest BCUT2D eigenvalue weighted by atomic mass is 16.8. The predicted molar refractivity (Wildman–Crippen MR) is 162 cm³/mol. The van der Waals surface area contributed by atoms with Crippen molar-refractivity contribution in [3.8, 4) is 0 Å². The Bertz CT molecular complexity index is 1280. The Labute approximate surface area is 263 Å². The summed E-state index contributed by atoms with van der Waals surface area (Å²) in [5.41, 5.74) is 0.783. The van der Waals surface area contributed by atoms with Gasteiger partial charge < -0.3 is 39.2 Å². The first-order valence-corrected chi connectivity index (χ1v) is 15.9. The third kappa shape index (κ3) is 8.52. The quantitative estimate of drug-likeness (QED) is 0.159. The Balaban J connectivity index is 1.30. The zero-order valence-corrected chi connectivity index (χ0v) is 26.2. The van der Waals surface area contributed by atoms with Crippen LogP contribution in [0.4, 0.5) is 0 Å². The molecule has 11 heteroatoms. The fourth-order valence-corrected chi connectivity index (χ4v) is 5.96. The van der Waals surface area contributed by atoms with Gasteiger partial charge >= 0.3 is 11.9 Å². The summed E-state index contributed by atoms with van der Waals surface area (Å²) < 4.78 is 29.9. The number of nitrogens with one attached hydrogen (secondary N) is 1. The van der Waals surface area contributed by atoms with E-state index in [-0.39, 0.29) is 50.9 Å². The number of hydrogen-bond acceptors (Lipinski definition) is 10. The predicted octanol–water partition coefficient (Wildman–Crippen LogP) is 3.42. The summed E-state index contributed by atoms with van der Waals surface area (Å²) in [6.45, 7) is 5.05. The lowest BCUT2D eigenvalue weighted by Crippen LogP contribution is -2.45. The fraction of sp³-hybridized carbons (Fsp3) is 0.618.